The molecule has 0 N–H and O–H groups in total. The Hall–Kier alpha value is -2.04. The lowest BCUT2D eigenvalue weighted by Crippen LogP contribution is -2.17. The molecule has 0 amide bonds. The summed E-state index contributed by atoms with van der Waals surface area (Å²) in [6.45, 7) is -0.167. The Kier molecular flexibility index (Phi) is 4.84. The predicted molar refractivity (Wildman–Crippen MR) is 94.2 cm³/mol. The van der Waals surface area contributed by atoms with E-state index in [0.717, 1.165) is 15.2 Å². The highest BCUT2D eigenvalue weighted by Crippen LogP contribution is 2.24. The molecule has 0 bridgehead atoms. The largest absolute Gasteiger partial charge is 0.482 e. The van der Waals surface area contributed by atoms with E-state index in [1.165, 1.54) is 0 Å². The van der Waals surface area contributed by atoms with E-state index in [1.54, 1.807) is 30.3 Å². The highest BCUT2D eigenvalue weighted by atomic mass is 79.9. The van der Waals surface area contributed by atoms with Gasteiger partial charge in [-0.3, -0.25) is 0 Å². The van der Waals surface area contributed by atoms with Gasteiger partial charge < -0.3 is 9.47 Å². The molecule has 0 aromatic heterocycles. The van der Waals surface area contributed by atoms with E-state index in [-0.39, 0.29) is 6.61 Å². The summed E-state index contributed by atoms with van der Waals surface area (Å²) in [5, 5.41) is 2.68. The fourth-order valence-electron chi connectivity index (χ4n) is 2.09. The van der Waals surface area contributed by atoms with Crippen molar-refractivity contribution < 1.29 is 14.3 Å². The van der Waals surface area contributed by atoms with E-state index in [1.807, 2.05) is 30.3 Å². The molecule has 0 heterocycles. The lowest BCUT2D eigenvalue weighted by Gasteiger charge is -2.08. The zero-order valence-corrected chi connectivity index (χ0v) is 14.3. The summed E-state index contributed by atoms with van der Waals surface area (Å²) >= 11 is 9.22. The molecule has 0 saturated heterocycles. The molecule has 0 aliphatic carbocycles. The van der Waals surface area contributed by atoms with Crippen LogP contribution in [0.5, 0.6) is 11.5 Å². The molecule has 3 rings (SSSR count). The number of fused-ring (bicyclic) bond motifs is 1. The van der Waals surface area contributed by atoms with E-state index in [0.29, 0.717) is 16.5 Å². The fourth-order valence-corrected chi connectivity index (χ4v) is 2.60. The van der Waals surface area contributed by atoms with E-state index < -0.39 is 5.97 Å². The van der Waals surface area contributed by atoms with Gasteiger partial charge in [0.05, 0.1) is 0 Å². The summed E-state index contributed by atoms with van der Waals surface area (Å²) < 4.78 is 11.7. The third-order valence-corrected chi connectivity index (χ3v) is 3.92. The second kappa shape index (κ2) is 7.02. The smallest absolute Gasteiger partial charge is 0.349 e. The van der Waals surface area contributed by atoms with E-state index in [9.17, 15) is 4.79 Å². The maximum absolute atomic E-state index is 11.9. The summed E-state index contributed by atoms with van der Waals surface area (Å²) in [6.07, 6.45) is 0. The van der Waals surface area contributed by atoms with Crippen molar-refractivity contribution in [2.45, 2.75) is 0 Å². The van der Waals surface area contributed by atoms with Gasteiger partial charge in [-0.15, -0.1) is 0 Å². The van der Waals surface area contributed by atoms with Crippen molar-refractivity contribution in [3.05, 3.63) is 70.2 Å². The second-order valence-electron chi connectivity index (χ2n) is 4.87. The highest BCUT2D eigenvalue weighted by Gasteiger charge is 2.07. The monoisotopic (exact) mass is 390 g/mol. The zero-order chi connectivity index (χ0) is 16.2. The van der Waals surface area contributed by atoms with Gasteiger partial charge in [0.1, 0.15) is 11.5 Å². The van der Waals surface area contributed by atoms with Crippen LogP contribution < -0.4 is 9.47 Å². The Labute approximate surface area is 146 Å². The van der Waals surface area contributed by atoms with Crippen LogP contribution in [0.2, 0.25) is 5.02 Å². The molecule has 0 radical (unpaired) electrons. The van der Waals surface area contributed by atoms with Gasteiger partial charge in [-0.2, -0.15) is 0 Å². The fraction of sp³-hybridized carbons (Fsp3) is 0.0556. The molecular weight excluding hydrogens is 380 g/mol. The molecule has 23 heavy (non-hydrogen) atoms. The predicted octanol–water partition coefficient (Wildman–Crippen LogP) is 5.24. The molecule has 3 nitrogen and oxygen atoms in total. The molecule has 0 fully saturated rings. The van der Waals surface area contributed by atoms with E-state index >= 15 is 0 Å². The van der Waals surface area contributed by atoms with E-state index in [2.05, 4.69) is 15.9 Å². The van der Waals surface area contributed by atoms with Crippen LogP contribution in [0.1, 0.15) is 0 Å². The summed E-state index contributed by atoms with van der Waals surface area (Å²) in [7, 11) is 0. The Bertz CT molecular complexity index is 847. The van der Waals surface area contributed by atoms with Crippen molar-refractivity contribution in [1.29, 1.82) is 0 Å². The van der Waals surface area contributed by atoms with Gasteiger partial charge >= 0.3 is 5.97 Å². The number of carbonyl (C=O) groups excluding carboxylic acids is 1. The van der Waals surface area contributed by atoms with E-state index in [4.69, 9.17) is 21.1 Å². The number of ether oxygens (including phenoxy) is 2. The SMILES string of the molecule is O=C(COc1ccc(Cl)cc1)Oc1ccc2cc(Br)ccc2c1. The van der Waals surface area contributed by atoms with Gasteiger partial charge in [0.2, 0.25) is 0 Å². The first-order valence-electron chi connectivity index (χ1n) is 6.88. The number of rotatable bonds is 4. The quantitative estimate of drug-likeness (QED) is 0.451. The average Bonchev–Trinajstić information content (AvgIpc) is 2.54. The minimum absolute atomic E-state index is 0.167. The first-order chi connectivity index (χ1) is 11.1. The van der Waals surface area contributed by atoms with Crippen molar-refractivity contribution in [3.8, 4) is 11.5 Å². The van der Waals surface area contributed by atoms with Gasteiger partial charge in [-0.1, -0.05) is 39.7 Å². The van der Waals surface area contributed by atoms with Crippen LogP contribution in [0, 0.1) is 0 Å². The lowest BCUT2D eigenvalue weighted by molar-refractivity contribution is -0.136. The van der Waals surface area contributed by atoms with Crippen molar-refractivity contribution in [1.82, 2.24) is 0 Å². The summed E-state index contributed by atoms with van der Waals surface area (Å²) in [5.74, 6) is 0.593. The third-order valence-electron chi connectivity index (χ3n) is 3.18. The zero-order valence-electron chi connectivity index (χ0n) is 12.0. The Morgan fingerprint density at radius 3 is 2.35 bits per heavy atom. The van der Waals surface area contributed by atoms with Crippen LogP contribution in [-0.4, -0.2) is 12.6 Å². The van der Waals surface area contributed by atoms with Gasteiger partial charge in [0.25, 0.3) is 0 Å². The maximum atomic E-state index is 11.9. The van der Waals surface area contributed by atoms with Gasteiger partial charge in [-0.25, -0.2) is 4.79 Å². The molecule has 0 aliphatic heterocycles. The van der Waals surface area contributed by atoms with Gasteiger partial charge in [0, 0.05) is 9.50 Å². The number of carbonyl (C=O) groups is 1. The van der Waals surface area contributed by atoms with Crippen LogP contribution in [0.4, 0.5) is 0 Å². The van der Waals surface area contributed by atoms with Crippen molar-refractivity contribution in [2.75, 3.05) is 6.61 Å². The molecule has 5 heteroatoms. The first-order valence-corrected chi connectivity index (χ1v) is 8.06. The molecule has 0 atom stereocenters. The minimum atomic E-state index is -0.462. The van der Waals surface area contributed by atoms with Crippen LogP contribution in [-0.2, 0) is 4.79 Å². The topological polar surface area (TPSA) is 35.5 Å². The highest BCUT2D eigenvalue weighted by molar-refractivity contribution is 9.10. The molecule has 0 aliphatic rings. The average molecular weight is 392 g/mol. The maximum Gasteiger partial charge on any atom is 0.349 e. The first kappa shape index (κ1) is 15.8. The standard InChI is InChI=1S/C18H12BrClO3/c19-14-3-1-13-10-17(6-2-12(13)9-14)23-18(21)11-22-16-7-4-15(20)5-8-16/h1-10H,11H2. The van der Waals surface area contributed by atoms with Crippen molar-refractivity contribution in [3.63, 3.8) is 0 Å². The van der Waals surface area contributed by atoms with Gasteiger partial charge in [-0.05, 0) is 59.3 Å². The van der Waals surface area contributed by atoms with Crippen LogP contribution in [0.15, 0.2) is 65.1 Å². The van der Waals surface area contributed by atoms with Crippen LogP contribution >= 0.6 is 27.5 Å². The number of halogens is 2. The molecule has 0 unspecified atom stereocenters. The Balaban J connectivity index is 1.63. The molecule has 0 saturated carbocycles. The molecule has 3 aromatic carbocycles. The molecular formula is C18H12BrClO3. The Morgan fingerprint density at radius 2 is 1.57 bits per heavy atom. The van der Waals surface area contributed by atoms with Crippen LogP contribution in [0.25, 0.3) is 10.8 Å². The summed E-state index contributed by atoms with van der Waals surface area (Å²) in [4.78, 5) is 11.9. The molecule has 3 aromatic rings. The normalized spacial score (nSPS) is 10.5. The van der Waals surface area contributed by atoms with Gasteiger partial charge in [0.15, 0.2) is 6.61 Å². The molecule has 116 valence electrons. The third kappa shape index (κ3) is 4.24. The number of benzene rings is 3. The number of esters is 1. The van der Waals surface area contributed by atoms with Crippen LogP contribution in [0.3, 0.4) is 0 Å². The number of hydrogen-bond donors (Lipinski definition) is 0. The summed E-state index contributed by atoms with van der Waals surface area (Å²) in [5.41, 5.74) is 0. The Morgan fingerprint density at radius 1 is 0.913 bits per heavy atom. The molecule has 0 spiro atoms. The minimum Gasteiger partial charge on any atom is -0.482 e. The second-order valence-corrected chi connectivity index (χ2v) is 6.22. The number of hydrogen-bond acceptors (Lipinski definition) is 3. The van der Waals surface area contributed by atoms with Crippen molar-refractivity contribution in [2.24, 2.45) is 0 Å². The summed E-state index contributed by atoms with van der Waals surface area (Å²) in [6, 6.07) is 18.2. The van der Waals surface area contributed by atoms with Crippen molar-refractivity contribution >= 4 is 44.3 Å². The lowest BCUT2D eigenvalue weighted by atomic mass is 10.1.